The summed E-state index contributed by atoms with van der Waals surface area (Å²) in [6, 6.07) is 9.74. The maximum Gasteiger partial charge on any atom is 0.0633 e. The Morgan fingerprint density at radius 2 is 1.68 bits per heavy atom. The molecule has 1 saturated heterocycles. The van der Waals surface area contributed by atoms with Crippen molar-refractivity contribution in [2.24, 2.45) is 0 Å². The Morgan fingerprint density at radius 1 is 0.947 bits per heavy atom. The van der Waals surface area contributed by atoms with Crippen LogP contribution in [-0.2, 0) is 0 Å². The third-order valence-electron chi connectivity index (χ3n) is 4.62. The van der Waals surface area contributed by atoms with Gasteiger partial charge in [0.15, 0.2) is 0 Å². The van der Waals surface area contributed by atoms with Gasteiger partial charge in [-0.1, -0.05) is 37.0 Å². The van der Waals surface area contributed by atoms with E-state index in [0.717, 1.165) is 19.1 Å². The van der Waals surface area contributed by atoms with Crippen LogP contribution in [0.2, 0.25) is 0 Å². The van der Waals surface area contributed by atoms with Crippen LogP contribution in [0, 0.1) is 13.5 Å². The van der Waals surface area contributed by atoms with Gasteiger partial charge in [0.2, 0.25) is 0 Å². The van der Waals surface area contributed by atoms with Crippen LogP contribution in [0.3, 0.4) is 0 Å². The van der Waals surface area contributed by atoms with Crippen LogP contribution in [-0.4, -0.2) is 30.6 Å². The van der Waals surface area contributed by atoms with E-state index in [-0.39, 0.29) is 0 Å². The average Bonchev–Trinajstić information content (AvgIpc) is 2.49. The SMILES string of the molecule is Cc1ccc(N2[CH]CN(C3CCCCC3)CC2)cc1. The molecule has 0 amide bonds. The zero-order valence-electron chi connectivity index (χ0n) is 12.0. The van der Waals surface area contributed by atoms with Gasteiger partial charge in [0.1, 0.15) is 0 Å². The van der Waals surface area contributed by atoms with E-state index in [0.29, 0.717) is 0 Å². The van der Waals surface area contributed by atoms with E-state index in [1.165, 1.54) is 49.9 Å². The lowest BCUT2D eigenvalue weighted by Gasteiger charge is -2.41. The average molecular weight is 257 g/mol. The number of hydrogen-bond acceptors (Lipinski definition) is 2. The first-order valence-corrected chi connectivity index (χ1v) is 7.73. The van der Waals surface area contributed by atoms with Crippen molar-refractivity contribution in [3.63, 3.8) is 0 Å². The Hall–Kier alpha value is -1.02. The number of piperazine rings is 1. The normalized spacial score (nSPS) is 22.7. The number of benzene rings is 1. The molecule has 0 bridgehead atoms. The van der Waals surface area contributed by atoms with Gasteiger partial charge < -0.3 is 4.90 Å². The number of aryl methyl sites for hydroxylation is 1. The minimum atomic E-state index is 0.852. The van der Waals surface area contributed by atoms with Crippen LogP contribution in [0.4, 0.5) is 5.69 Å². The highest BCUT2D eigenvalue weighted by atomic mass is 15.3. The molecular formula is C17H25N2. The monoisotopic (exact) mass is 257 g/mol. The van der Waals surface area contributed by atoms with Crippen LogP contribution in [0.15, 0.2) is 24.3 Å². The highest BCUT2D eigenvalue weighted by molar-refractivity contribution is 5.49. The van der Waals surface area contributed by atoms with Gasteiger partial charge in [0.25, 0.3) is 0 Å². The zero-order chi connectivity index (χ0) is 13.1. The van der Waals surface area contributed by atoms with E-state index in [4.69, 9.17) is 0 Å². The summed E-state index contributed by atoms with van der Waals surface area (Å²) < 4.78 is 0. The molecule has 19 heavy (non-hydrogen) atoms. The predicted molar refractivity (Wildman–Crippen MR) is 81.3 cm³/mol. The summed E-state index contributed by atoms with van der Waals surface area (Å²) in [6.45, 7) is 8.00. The van der Waals surface area contributed by atoms with Crippen LogP contribution < -0.4 is 4.90 Å². The van der Waals surface area contributed by atoms with Gasteiger partial charge in [-0.05, 0) is 31.9 Å². The molecule has 2 aliphatic rings. The van der Waals surface area contributed by atoms with E-state index >= 15 is 0 Å². The van der Waals surface area contributed by atoms with E-state index in [1.54, 1.807) is 0 Å². The van der Waals surface area contributed by atoms with Gasteiger partial charge in [-0.15, -0.1) is 0 Å². The quantitative estimate of drug-likeness (QED) is 0.798. The van der Waals surface area contributed by atoms with Gasteiger partial charge in [-0.25, -0.2) is 0 Å². The molecule has 2 fully saturated rings. The zero-order valence-corrected chi connectivity index (χ0v) is 12.0. The standard InChI is InChI=1S/C17H25N2/c1-15-7-9-17(10-8-15)19-13-11-18(12-14-19)16-5-3-2-4-6-16/h7-10,13,16H,2-6,11-12,14H2,1H3. The summed E-state index contributed by atoms with van der Waals surface area (Å²) in [5, 5.41) is 0. The minimum absolute atomic E-state index is 0.852. The number of nitrogens with zero attached hydrogens (tertiary/aromatic N) is 2. The Bertz CT molecular complexity index is 384. The molecular weight excluding hydrogens is 232 g/mol. The fraction of sp³-hybridized carbons (Fsp3) is 0.588. The molecule has 1 saturated carbocycles. The fourth-order valence-electron chi connectivity index (χ4n) is 3.37. The molecule has 1 aliphatic carbocycles. The molecule has 0 N–H and O–H groups in total. The molecule has 0 atom stereocenters. The third kappa shape index (κ3) is 3.11. The minimum Gasteiger partial charge on any atom is -0.364 e. The second-order valence-corrected chi connectivity index (χ2v) is 6.00. The largest absolute Gasteiger partial charge is 0.364 e. The second kappa shape index (κ2) is 5.96. The number of rotatable bonds is 2. The van der Waals surface area contributed by atoms with Crippen LogP contribution >= 0.6 is 0 Å². The summed E-state index contributed by atoms with van der Waals surface area (Å²) in [5.74, 6) is 0. The Balaban J connectivity index is 1.55. The first-order valence-electron chi connectivity index (χ1n) is 7.73. The number of hydrogen-bond donors (Lipinski definition) is 0. The smallest absolute Gasteiger partial charge is 0.0633 e. The van der Waals surface area contributed by atoms with Crippen molar-refractivity contribution in [2.45, 2.75) is 45.1 Å². The van der Waals surface area contributed by atoms with Crippen molar-refractivity contribution in [3.05, 3.63) is 36.4 Å². The van der Waals surface area contributed by atoms with Crippen molar-refractivity contribution in [2.75, 3.05) is 24.5 Å². The van der Waals surface area contributed by atoms with Crippen molar-refractivity contribution < 1.29 is 0 Å². The van der Waals surface area contributed by atoms with Crippen molar-refractivity contribution in [3.8, 4) is 0 Å². The first-order chi connectivity index (χ1) is 9.33. The molecule has 1 aromatic carbocycles. The summed E-state index contributed by atoms with van der Waals surface area (Å²) in [7, 11) is 0. The molecule has 1 aliphatic heterocycles. The van der Waals surface area contributed by atoms with E-state index in [1.807, 2.05) is 0 Å². The van der Waals surface area contributed by atoms with Crippen LogP contribution in [0.5, 0.6) is 0 Å². The van der Waals surface area contributed by atoms with E-state index in [9.17, 15) is 0 Å². The molecule has 1 radical (unpaired) electrons. The summed E-state index contributed by atoms with van der Waals surface area (Å²) in [5.41, 5.74) is 2.68. The molecule has 2 nitrogen and oxygen atoms in total. The van der Waals surface area contributed by atoms with Gasteiger partial charge in [-0.2, -0.15) is 0 Å². The van der Waals surface area contributed by atoms with Crippen LogP contribution in [0.1, 0.15) is 37.7 Å². The maximum atomic E-state index is 2.68. The van der Waals surface area contributed by atoms with Crippen molar-refractivity contribution >= 4 is 5.69 Å². The molecule has 0 spiro atoms. The molecule has 103 valence electrons. The molecule has 0 unspecified atom stereocenters. The first kappa shape index (κ1) is 13.0. The maximum absolute atomic E-state index is 2.68. The Labute approximate surface area is 117 Å². The van der Waals surface area contributed by atoms with E-state index < -0.39 is 0 Å². The summed E-state index contributed by atoms with van der Waals surface area (Å²) in [4.78, 5) is 5.10. The topological polar surface area (TPSA) is 6.48 Å². The van der Waals surface area contributed by atoms with Crippen molar-refractivity contribution in [1.29, 1.82) is 0 Å². The predicted octanol–water partition coefficient (Wildman–Crippen LogP) is 3.61. The van der Waals surface area contributed by atoms with Gasteiger partial charge >= 0.3 is 0 Å². The molecule has 2 heteroatoms. The lowest BCUT2D eigenvalue weighted by molar-refractivity contribution is 0.158. The number of anilines is 1. The molecule has 1 heterocycles. The highest BCUT2D eigenvalue weighted by Gasteiger charge is 2.25. The molecule has 3 rings (SSSR count). The molecule has 0 aromatic heterocycles. The van der Waals surface area contributed by atoms with E-state index in [2.05, 4.69) is 47.5 Å². The van der Waals surface area contributed by atoms with Crippen molar-refractivity contribution in [1.82, 2.24) is 4.90 Å². The summed E-state index contributed by atoms with van der Waals surface area (Å²) >= 11 is 0. The highest BCUT2D eigenvalue weighted by Crippen LogP contribution is 2.26. The van der Waals surface area contributed by atoms with Gasteiger partial charge in [-0.3, -0.25) is 4.90 Å². The van der Waals surface area contributed by atoms with Crippen LogP contribution in [0.25, 0.3) is 0 Å². The lowest BCUT2D eigenvalue weighted by Crippen LogP contribution is -2.48. The fourth-order valence-corrected chi connectivity index (χ4v) is 3.37. The lowest BCUT2D eigenvalue weighted by atomic mass is 9.94. The van der Waals surface area contributed by atoms with Gasteiger partial charge in [0, 0.05) is 31.4 Å². The Kier molecular flexibility index (Phi) is 4.07. The Morgan fingerprint density at radius 3 is 2.32 bits per heavy atom. The third-order valence-corrected chi connectivity index (χ3v) is 4.62. The second-order valence-electron chi connectivity index (χ2n) is 6.00. The summed E-state index contributed by atoms with van der Waals surface area (Å²) in [6.07, 6.45) is 7.14. The molecule has 1 aromatic rings. The van der Waals surface area contributed by atoms with Gasteiger partial charge in [0.05, 0.1) is 6.54 Å².